The highest BCUT2D eigenvalue weighted by molar-refractivity contribution is 6.30. The topological polar surface area (TPSA) is 77.1 Å². The average molecular weight is 497 g/mol. The van der Waals surface area contributed by atoms with Gasteiger partial charge in [-0.2, -0.15) is 5.10 Å². The van der Waals surface area contributed by atoms with Gasteiger partial charge >= 0.3 is 0 Å². The Labute approximate surface area is 213 Å². The largest absolute Gasteiger partial charge is 0.310 e. The number of imidazole rings is 1. The van der Waals surface area contributed by atoms with Gasteiger partial charge in [0.2, 0.25) is 5.91 Å². The number of aromatic nitrogens is 5. The second-order valence-electron chi connectivity index (χ2n) is 10.1. The molecule has 4 aromatic heterocycles. The molecule has 0 spiro atoms. The van der Waals surface area contributed by atoms with E-state index in [1.807, 2.05) is 48.1 Å². The number of nitrogens with zero attached hydrogens (tertiary/aromatic N) is 5. The predicted octanol–water partition coefficient (Wildman–Crippen LogP) is 5.71. The molecule has 0 saturated heterocycles. The molecule has 1 aromatic carbocycles. The zero-order valence-corrected chi connectivity index (χ0v) is 20.6. The summed E-state index contributed by atoms with van der Waals surface area (Å²) in [5, 5.41) is 9.35. The van der Waals surface area contributed by atoms with Gasteiger partial charge in [-0.25, -0.2) is 9.97 Å². The van der Waals surface area contributed by atoms with Gasteiger partial charge in [0.15, 0.2) is 0 Å². The Kier molecular flexibility index (Phi) is 4.89. The fourth-order valence-electron chi connectivity index (χ4n) is 5.13. The van der Waals surface area contributed by atoms with E-state index in [2.05, 4.69) is 39.2 Å². The van der Waals surface area contributed by atoms with Gasteiger partial charge in [-0.1, -0.05) is 29.8 Å². The molecule has 0 bridgehead atoms. The van der Waals surface area contributed by atoms with E-state index in [0.29, 0.717) is 23.3 Å². The first-order valence-electron chi connectivity index (χ1n) is 12.4. The number of nitrogens with one attached hydrogen (secondary N) is 1. The molecule has 36 heavy (non-hydrogen) atoms. The molecule has 2 fully saturated rings. The van der Waals surface area contributed by atoms with E-state index < -0.39 is 0 Å². The summed E-state index contributed by atoms with van der Waals surface area (Å²) in [6.45, 7) is 2.46. The van der Waals surface area contributed by atoms with Crippen LogP contribution in [-0.4, -0.2) is 30.1 Å². The van der Waals surface area contributed by atoms with Crippen molar-refractivity contribution in [2.75, 3.05) is 5.32 Å². The summed E-state index contributed by atoms with van der Waals surface area (Å²) in [6, 6.07) is 14.0. The first-order valence-corrected chi connectivity index (χ1v) is 12.8. The van der Waals surface area contributed by atoms with E-state index in [-0.39, 0.29) is 17.7 Å². The normalized spacial score (nSPS) is 19.2. The Morgan fingerprint density at radius 3 is 2.81 bits per heavy atom. The maximum atomic E-state index is 13.1. The monoisotopic (exact) mass is 496 g/mol. The van der Waals surface area contributed by atoms with Gasteiger partial charge in [-0.05, 0) is 73.4 Å². The van der Waals surface area contributed by atoms with Gasteiger partial charge in [0.25, 0.3) is 0 Å². The molecule has 2 unspecified atom stereocenters. The lowest BCUT2D eigenvalue weighted by Crippen LogP contribution is -2.16. The summed E-state index contributed by atoms with van der Waals surface area (Å²) in [4.78, 5) is 22.4. The molecule has 1 amide bonds. The zero-order chi connectivity index (χ0) is 24.4. The standard InChI is InChI=1S/C28H25ClN6O/c1-16-9-25-24(27(30-16)32-28(36)23-11-22(23)18-3-2-4-20(29)10-18)15-35(33-25)14-21-13-34-12-19(17-5-6-17)7-8-26(34)31-21/h2-4,7-10,12-13,15,17,22-23H,5-6,11,14H2,1H3,(H,30,32,36). The summed E-state index contributed by atoms with van der Waals surface area (Å²) in [5.41, 5.74) is 5.98. The second kappa shape index (κ2) is 8.17. The van der Waals surface area contributed by atoms with Crippen molar-refractivity contribution in [2.24, 2.45) is 5.92 Å². The van der Waals surface area contributed by atoms with Crippen molar-refractivity contribution in [3.63, 3.8) is 0 Å². The van der Waals surface area contributed by atoms with Gasteiger partial charge in [0.05, 0.1) is 23.1 Å². The summed E-state index contributed by atoms with van der Waals surface area (Å²) < 4.78 is 3.98. The fourth-order valence-corrected chi connectivity index (χ4v) is 5.33. The number of hydrogen-bond acceptors (Lipinski definition) is 4. The molecule has 2 atom stereocenters. The summed E-state index contributed by atoms with van der Waals surface area (Å²) >= 11 is 6.14. The van der Waals surface area contributed by atoms with Crippen LogP contribution in [0.2, 0.25) is 5.02 Å². The number of pyridine rings is 2. The number of hydrogen-bond donors (Lipinski definition) is 1. The van der Waals surface area contributed by atoms with Crippen LogP contribution in [0.15, 0.2) is 61.1 Å². The third-order valence-corrected chi connectivity index (χ3v) is 7.46. The van der Waals surface area contributed by atoms with Gasteiger partial charge in [-0.15, -0.1) is 0 Å². The lowest BCUT2D eigenvalue weighted by atomic mass is 10.1. The van der Waals surface area contributed by atoms with Crippen LogP contribution in [0.25, 0.3) is 16.6 Å². The third kappa shape index (κ3) is 4.03. The number of anilines is 1. The molecule has 0 aliphatic heterocycles. The van der Waals surface area contributed by atoms with Crippen molar-refractivity contribution >= 4 is 39.9 Å². The molecule has 5 aromatic rings. The van der Waals surface area contributed by atoms with Gasteiger partial charge in [0, 0.05) is 35.2 Å². The highest BCUT2D eigenvalue weighted by Gasteiger charge is 2.44. The fraction of sp³-hybridized carbons (Fsp3) is 0.286. The Bertz CT molecular complexity index is 1650. The van der Waals surface area contributed by atoms with Gasteiger partial charge in [-0.3, -0.25) is 9.48 Å². The predicted molar refractivity (Wildman–Crippen MR) is 139 cm³/mol. The first kappa shape index (κ1) is 21.6. The van der Waals surface area contributed by atoms with Crippen LogP contribution < -0.4 is 5.32 Å². The van der Waals surface area contributed by atoms with E-state index in [1.165, 1.54) is 18.4 Å². The van der Waals surface area contributed by atoms with E-state index in [4.69, 9.17) is 21.7 Å². The first-order chi connectivity index (χ1) is 17.5. The molecule has 7 rings (SSSR count). The highest BCUT2D eigenvalue weighted by Crippen LogP contribution is 2.48. The van der Waals surface area contributed by atoms with E-state index in [9.17, 15) is 4.79 Å². The maximum absolute atomic E-state index is 13.1. The lowest BCUT2D eigenvalue weighted by molar-refractivity contribution is -0.117. The van der Waals surface area contributed by atoms with Crippen molar-refractivity contribution < 1.29 is 4.79 Å². The molecule has 2 aliphatic carbocycles. The number of amides is 1. The Morgan fingerprint density at radius 2 is 1.97 bits per heavy atom. The van der Waals surface area contributed by atoms with Crippen LogP contribution in [0.4, 0.5) is 5.82 Å². The molecule has 8 heteroatoms. The average Bonchev–Trinajstić information content (AvgIpc) is 3.76. The Hall–Kier alpha value is -3.71. The smallest absolute Gasteiger partial charge is 0.229 e. The molecule has 1 N–H and O–H groups in total. The molecular formula is C28H25ClN6O. The van der Waals surface area contributed by atoms with Crippen LogP contribution in [0.5, 0.6) is 0 Å². The second-order valence-corrected chi connectivity index (χ2v) is 10.5. The van der Waals surface area contributed by atoms with Crippen LogP contribution in [0, 0.1) is 12.8 Å². The molecule has 180 valence electrons. The van der Waals surface area contributed by atoms with Gasteiger partial charge < -0.3 is 9.72 Å². The van der Waals surface area contributed by atoms with E-state index >= 15 is 0 Å². The van der Waals surface area contributed by atoms with Gasteiger partial charge in [0.1, 0.15) is 11.5 Å². The lowest BCUT2D eigenvalue weighted by Gasteiger charge is -2.06. The Balaban J connectivity index is 1.12. The van der Waals surface area contributed by atoms with E-state index in [1.54, 1.807) is 0 Å². The van der Waals surface area contributed by atoms with Crippen LogP contribution in [0.1, 0.15) is 53.6 Å². The van der Waals surface area contributed by atoms with Crippen molar-refractivity contribution in [3.8, 4) is 0 Å². The summed E-state index contributed by atoms with van der Waals surface area (Å²) in [5.74, 6) is 1.37. The molecular weight excluding hydrogens is 472 g/mol. The molecule has 2 aliphatic rings. The number of rotatable bonds is 6. The molecule has 0 radical (unpaired) electrons. The number of aryl methyl sites for hydroxylation is 1. The minimum atomic E-state index is -0.0747. The molecule has 2 saturated carbocycles. The summed E-state index contributed by atoms with van der Waals surface area (Å²) in [6.07, 6.45) is 9.58. The zero-order valence-electron chi connectivity index (χ0n) is 19.9. The minimum absolute atomic E-state index is 0.0149. The summed E-state index contributed by atoms with van der Waals surface area (Å²) in [7, 11) is 0. The minimum Gasteiger partial charge on any atom is -0.310 e. The van der Waals surface area contributed by atoms with Crippen molar-refractivity contribution in [1.29, 1.82) is 0 Å². The van der Waals surface area contributed by atoms with Crippen LogP contribution >= 0.6 is 11.6 Å². The highest BCUT2D eigenvalue weighted by atomic mass is 35.5. The SMILES string of the molecule is Cc1cc2nn(Cc3cn4cc(C5CC5)ccc4n3)cc2c(NC(=O)C2CC2c2cccc(Cl)c2)n1. The quantitative estimate of drug-likeness (QED) is 0.326. The Morgan fingerprint density at radius 1 is 1.08 bits per heavy atom. The number of halogens is 1. The number of carbonyl (C=O) groups is 1. The molecule has 7 nitrogen and oxygen atoms in total. The molecule has 4 heterocycles. The number of benzene rings is 1. The number of carbonyl (C=O) groups excluding carboxylic acids is 1. The maximum Gasteiger partial charge on any atom is 0.229 e. The van der Waals surface area contributed by atoms with Crippen molar-refractivity contribution in [1.82, 2.24) is 24.1 Å². The van der Waals surface area contributed by atoms with Crippen LogP contribution in [-0.2, 0) is 11.3 Å². The third-order valence-electron chi connectivity index (χ3n) is 7.22. The van der Waals surface area contributed by atoms with E-state index in [0.717, 1.165) is 39.9 Å². The van der Waals surface area contributed by atoms with Crippen molar-refractivity contribution in [3.05, 3.63) is 88.6 Å². The number of fused-ring (bicyclic) bond motifs is 2. The van der Waals surface area contributed by atoms with Crippen molar-refractivity contribution in [2.45, 2.75) is 44.6 Å². The van der Waals surface area contributed by atoms with Crippen LogP contribution in [0.3, 0.4) is 0 Å².